The number of hydrogen-bond donors (Lipinski definition) is 0. The molecule has 1 aliphatic carbocycles. The number of hydrogen-bond acceptors (Lipinski definition) is 3. The molecule has 1 aromatic carbocycles. The molecule has 0 radical (unpaired) electrons. The topological polar surface area (TPSA) is 60.9 Å². The molecule has 0 atom stereocenters. The zero-order chi connectivity index (χ0) is 19.0. The van der Waals surface area contributed by atoms with Crippen molar-refractivity contribution in [3.8, 4) is 0 Å². The van der Waals surface area contributed by atoms with Crippen molar-refractivity contribution >= 4 is 17.8 Å². The molecule has 2 saturated heterocycles. The fraction of sp³-hybridized carbons (Fsp3) is 0.571. The average molecular weight is 369 g/mol. The molecule has 6 nitrogen and oxygen atoms in total. The van der Waals surface area contributed by atoms with Gasteiger partial charge >= 0.3 is 6.03 Å². The van der Waals surface area contributed by atoms with Gasteiger partial charge in [-0.1, -0.05) is 43.2 Å². The van der Waals surface area contributed by atoms with Crippen molar-refractivity contribution in [1.29, 1.82) is 0 Å². The van der Waals surface area contributed by atoms with E-state index in [1.54, 1.807) is 11.9 Å². The highest BCUT2D eigenvalue weighted by atomic mass is 16.2. The van der Waals surface area contributed by atoms with Crippen molar-refractivity contribution in [1.82, 2.24) is 14.7 Å². The maximum Gasteiger partial charge on any atom is 0.327 e. The van der Waals surface area contributed by atoms with E-state index in [-0.39, 0.29) is 23.8 Å². The number of urea groups is 1. The molecule has 4 amide bonds. The largest absolute Gasteiger partial charge is 0.342 e. The lowest BCUT2D eigenvalue weighted by atomic mass is 9.85. The Morgan fingerprint density at radius 1 is 1.07 bits per heavy atom. The third-order valence-corrected chi connectivity index (χ3v) is 6.53. The Morgan fingerprint density at radius 2 is 1.70 bits per heavy atom. The molecular formula is C21H27N3O3. The molecule has 2 heterocycles. The van der Waals surface area contributed by atoms with Crippen LogP contribution in [-0.4, -0.2) is 58.2 Å². The van der Waals surface area contributed by atoms with E-state index in [0.29, 0.717) is 32.5 Å². The lowest BCUT2D eigenvalue weighted by Crippen LogP contribution is -2.57. The van der Waals surface area contributed by atoms with Crippen molar-refractivity contribution < 1.29 is 14.4 Å². The maximum absolute atomic E-state index is 13.0. The fourth-order valence-corrected chi connectivity index (χ4v) is 4.88. The van der Waals surface area contributed by atoms with Crippen molar-refractivity contribution in [2.75, 3.05) is 20.1 Å². The van der Waals surface area contributed by atoms with Gasteiger partial charge in [-0.2, -0.15) is 0 Å². The molecule has 1 spiro atoms. The molecule has 0 bridgehead atoms. The first-order valence-electron chi connectivity index (χ1n) is 9.95. The number of amides is 4. The Bertz CT molecular complexity index is 734. The molecule has 3 fully saturated rings. The average Bonchev–Trinajstić information content (AvgIpc) is 3.30. The quantitative estimate of drug-likeness (QED) is 0.770. The summed E-state index contributed by atoms with van der Waals surface area (Å²) >= 11 is 0. The van der Waals surface area contributed by atoms with Gasteiger partial charge in [-0.25, -0.2) is 4.79 Å². The van der Waals surface area contributed by atoms with Crippen LogP contribution in [0.3, 0.4) is 0 Å². The number of piperidine rings is 1. The summed E-state index contributed by atoms with van der Waals surface area (Å²) < 4.78 is 0. The summed E-state index contributed by atoms with van der Waals surface area (Å²) in [6.07, 6.45) is 5.29. The summed E-state index contributed by atoms with van der Waals surface area (Å²) in [6, 6.07) is 9.54. The number of carbonyl (C=O) groups excluding carboxylic acids is 3. The second kappa shape index (κ2) is 6.98. The molecule has 2 aliphatic heterocycles. The highest BCUT2D eigenvalue weighted by Crippen LogP contribution is 2.38. The Kier molecular flexibility index (Phi) is 4.66. The van der Waals surface area contributed by atoms with Crippen LogP contribution in [-0.2, 0) is 16.1 Å². The van der Waals surface area contributed by atoms with Crippen LogP contribution in [0.15, 0.2) is 30.3 Å². The minimum absolute atomic E-state index is 0.128. The van der Waals surface area contributed by atoms with Crippen LogP contribution in [0, 0.1) is 5.92 Å². The zero-order valence-corrected chi connectivity index (χ0v) is 15.9. The van der Waals surface area contributed by atoms with E-state index in [9.17, 15) is 14.4 Å². The van der Waals surface area contributed by atoms with Crippen molar-refractivity contribution in [2.24, 2.45) is 5.92 Å². The number of imide groups is 1. The standard InChI is InChI=1S/C21H27N3O3/c1-22-19(26)21(24(20(22)27)15-16-7-3-2-4-8-16)11-13-23(14-12-21)18(25)17-9-5-6-10-17/h2-4,7-8,17H,5-6,9-15H2,1H3. The van der Waals surface area contributed by atoms with Crippen LogP contribution in [0.5, 0.6) is 0 Å². The number of benzene rings is 1. The highest BCUT2D eigenvalue weighted by molar-refractivity contribution is 6.06. The van der Waals surface area contributed by atoms with Gasteiger partial charge in [-0.15, -0.1) is 0 Å². The summed E-state index contributed by atoms with van der Waals surface area (Å²) in [7, 11) is 1.56. The lowest BCUT2D eigenvalue weighted by molar-refractivity contribution is -0.143. The van der Waals surface area contributed by atoms with E-state index in [4.69, 9.17) is 0 Å². The van der Waals surface area contributed by atoms with Crippen LogP contribution < -0.4 is 0 Å². The minimum atomic E-state index is -0.811. The summed E-state index contributed by atoms with van der Waals surface area (Å²) in [5.74, 6) is 0.265. The zero-order valence-electron chi connectivity index (χ0n) is 15.9. The van der Waals surface area contributed by atoms with E-state index in [1.165, 1.54) is 4.90 Å². The molecule has 3 aliphatic rings. The van der Waals surface area contributed by atoms with Crippen molar-refractivity contribution in [3.63, 3.8) is 0 Å². The third-order valence-electron chi connectivity index (χ3n) is 6.53. The van der Waals surface area contributed by atoms with Crippen molar-refractivity contribution in [2.45, 2.75) is 50.6 Å². The number of carbonyl (C=O) groups is 3. The van der Waals surface area contributed by atoms with Crippen molar-refractivity contribution in [3.05, 3.63) is 35.9 Å². The summed E-state index contributed by atoms with van der Waals surface area (Å²) in [5, 5.41) is 0. The molecule has 27 heavy (non-hydrogen) atoms. The maximum atomic E-state index is 13.0. The number of likely N-dealkylation sites (N-methyl/N-ethyl adjacent to an activating group) is 1. The summed E-state index contributed by atoms with van der Waals surface area (Å²) in [5.41, 5.74) is 0.200. The number of likely N-dealkylation sites (tertiary alicyclic amines) is 1. The summed E-state index contributed by atoms with van der Waals surface area (Å²) in [4.78, 5) is 43.4. The van der Waals surface area contributed by atoms with Gasteiger partial charge in [0.1, 0.15) is 5.54 Å². The van der Waals surface area contributed by atoms with E-state index in [1.807, 2.05) is 35.2 Å². The molecular weight excluding hydrogens is 342 g/mol. The third kappa shape index (κ3) is 3.01. The first-order valence-corrected chi connectivity index (χ1v) is 9.95. The van der Waals surface area contributed by atoms with E-state index >= 15 is 0 Å². The summed E-state index contributed by atoms with van der Waals surface area (Å²) in [6.45, 7) is 1.52. The molecule has 6 heteroatoms. The predicted molar refractivity (Wildman–Crippen MR) is 101 cm³/mol. The van der Waals surface area contributed by atoms with Gasteiger partial charge in [0, 0.05) is 32.6 Å². The van der Waals surface area contributed by atoms with Gasteiger partial charge < -0.3 is 9.80 Å². The highest BCUT2D eigenvalue weighted by Gasteiger charge is 2.57. The van der Waals surface area contributed by atoms with Crippen LogP contribution in [0.1, 0.15) is 44.1 Å². The van der Waals surface area contributed by atoms with E-state index in [0.717, 1.165) is 31.2 Å². The van der Waals surface area contributed by atoms with Crippen LogP contribution >= 0.6 is 0 Å². The normalized spacial score (nSPS) is 22.9. The van der Waals surface area contributed by atoms with Crippen LogP contribution in [0.4, 0.5) is 4.79 Å². The number of rotatable bonds is 3. The molecule has 1 aromatic rings. The Balaban J connectivity index is 1.52. The van der Waals surface area contributed by atoms with E-state index in [2.05, 4.69) is 0 Å². The molecule has 0 unspecified atom stereocenters. The number of nitrogens with zero attached hydrogens (tertiary/aromatic N) is 3. The molecule has 4 rings (SSSR count). The van der Waals surface area contributed by atoms with Gasteiger partial charge in [0.25, 0.3) is 5.91 Å². The second-order valence-electron chi connectivity index (χ2n) is 8.06. The fourth-order valence-electron chi connectivity index (χ4n) is 4.88. The molecule has 0 aromatic heterocycles. The second-order valence-corrected chi connectivity index (χ2v) is 8.06. The molecule has 0 N–H and O–H groups in total. The Morgan fingerprint density at radius 3 is 2.33 bits per heavy atom. The van der Waals surface area contributed by atoms with Crippen LogP contribution in [0.2, 0.25) is 0 Å². The first-order chi connectivity index (χ1) is 13.0. The SMILES string of the molecule is CN1C(=O)N(Cc2ccccc2)C2(CCN(C(=O)C3CCCC3)CC2)C1=O. The Hall–Kier alpha value is -2.37. The predicted octanol–water partition coefficient (Wildman–Crippen LogP) is 2.63. The van der Waals surface area contributed by atoms with Gasteiger partial charge in [0.15, 0.2) is 0 Å². The lowest BCUT2D eigenvalue weighted by Gasteiger charge is -2.42. The Labute approximate surface area is 160 Å². The van der Waals surface area contributed by atoms with Gasteiger partial charge in [-0.05, 0) is 31.2 Å². The van der Waals surface area contributed by atoms with E-state index < -0.39 is 5.54 Å². The monoisotopic (exact) mass is 369 g/mol. The molecule has 144 valence electrons. The van der Waals surface area contributed by atoms with Crippen LogP contribution in [0.25, 0.3) is 0 Å². The first kappa shape index (κ1) is 18.0. The minimum Gasteiger partial charge on any atom is -0.342 e. The smallest absolute Gasteiger partial charge is 0.327 e. The van der Waals surface area contributed by atoms with Gasteiger partial charge in [0.05, 0.1) is 0 Å². The molecule has 1 saturated carbocycles. The van der Waals surface area contributed by atoms with Gasteiger partial charge in [-0.3, -0.25) is 14.5 Å². The van der Waals surface area contributed by atoms with Gasteiger partial charge in [0.2, 0.25) is 5.91 Å².